The molecule has 1 heterocycles. The van der Waals surface area contributed by atoms with Gasteiger partial charge in [0.2, 0.25) is 5.91 Å². The zero-order valence-corrected chi connectivity index (χ0v) is 14.4. The van der Waals surface area contributed by atoms with Gasteiger partial charge in [0, 0.05) is 30.8 Å². The van der Waals surface area contributed by atoms with Crippen molar-refractivity contribution in [3.8, 4) is 0 Å². The SMILES string of the molecule is O=C(Nc1cccc(CN2CCCC2=O)c1)c1cccc2ccccc12. The van der Waals surface area contributed by atoms with Crippen molar-refractivity contribution in [1.82, 2.24) is 4.90 Å². The van der Waals surface area contributed by atoms with E-state index in [4.69, 9.17) is 0 Å². The molecule has 0 radical (unpaired) electrons. The number of hydrogen-bond donors (Lipinski definition) is 1. The molecule has 0 saturated carbocycles. The monoisotopic (exact) mass is 344 g/mol. The van der Waals surface area contributed by atoms with Crippen LogP contribution in [0.3, 0.4) is 0 Å². The van der Waals surface area contributed by atoms with E-state index in [0.29, 0.717) is 18.5 Å². The minimum Gasteiger partial charge on any atom is -0.338 e. The first-order chi connectivity index (χ1) is 12.7. The Labute approximate surface area is 152 Å². The highest BCUT2D eigenvalue weighted by molar-refractivity contribution is 6.12. The Morgan fingerprint density at radius 1 is 1.00 bits per heavy atom. The summed E-state index contributed by atoms with van der Waals surface area (Å²) in [7, 11) is 0. The minimum absolute atomic E-state index is 0.129. The molecule has 0 unspecified atom stereocenters. The van der Waals surface area contributed by atoms with E-state index in [-0.39, 0.29) is 11.8 Å². The van der Waals surface area contributed by atoms with Crippen molar-refractivity contribution in [2.24, 2.45) is 0 Å². The van der Waals surface area contributed by atoms with Gasteiger partial charge in [-0.05, 0) is 41.0 Å². The van der Waals surface area contributed by atoms with Gasteiger partial charge in [0.15, 0.2) is 0 Å². The number of carbonyl (C=O) groups excluding carboxylic acids is 2. The first-order valence-electron chi connectivity index (χ1n) is 8.86. The number of amides is 2. The van der Waals surface area contributed by atoms with Crippen LogP contribution < -0.4 is 5.32 Å². The van der Waals surface area contributed by atoms with Gasteiger partial charge in [-0.25, -0.2) is 0 Å². The van der Waals surface area contributed by atoms with E-state index in [0.717, 1.165) is 35.0 Å². The lowest BCUT2D eigenvalue weighted by Crippen LogP contribution is -2.23. The van der Waals surface area contributed by atoms with Gasteiger partial charge in [0.1, 0.15) is 0 Å². The second kappa shape index (κ2) is 7.00. The van der Waals surface area contributed by atoms with Crippen LogP contribution in [0.2, 0.25) is 0 Å². The zero-order chi connectivity index (χ0) is 17.9. The zero-order valence-electron chi connectivity index (χ0n) is 14.4. The summed E-state index contributed by atoms with van der Waals surface area (Å²) < 4.78 is 0. The summed E-state index contributed by atoms with van der Waals surface area (Å²) in [5.41, 5.74) is 2.42. The number of nitrogens with zero attached hydrogens (tertiary/aromatic N) is 1. The maximum absolute atomic E-state index is 12.8. The molecule has 4 nitrogen and oxygen atoms in total. The van der Waals surface area contributed by atoms with E-state index >= 15 is 0 Å². The molecule has 3 aromatic carbocycles. The van der Waals surface area contributed by atoms with Crippen LogP contribution in [0.1, 0.15) is 28.8 Å². The van der Waals surface area contributed by atoms with Gasteiger partial charge in [-0.3, -0.25) is 9.59 Å². The first-order valence-corrected chi connectivity index (χ1v) is 8.86. The predicted octanol–water partition coefficient (Wildman–Crippen LogP) is 4.21. The number of carbonyl (C=O) groups is 2. The molecule has 1 fully saturated rings. The molecule has 1 aliphatic rings. The Kier molecular flexibility index (Phi) is 4.40. The van der Waals surface area contributed by atoms with Crippen LogP contribution in [0.25, 0.3) is 10.8 Å². The molecule has 0 aliphatic carbocycles. The van der Waals surface area contributed by atoms with Crippen LogP contribution in [0, 0.1) is 0 Å². The maximum Gasteiger partial charge on any atom is 0.256 e. The predicted molar refractivity (Wildman–Crippen MR) is 103 cm³/mol. The lowest BCUT2D eigenvalue weighted by molar-refractivity contribution is -0.128. The lowest BCUT2D eigenvalue weighted by atomic mass is 10.0. The van der Waals surface area contributed by atoms with Crippen molar-refractivity contribution < 1.29 is 9.59 Å². The number of likely N-dealkylation sites (tertiary alicyclic amines) is 1. The number of hydrogen-bond acceptors (Lipinski definition) is 2. The Balaban J connectivity index is 1.54. The van der Waals surface area contributed by atoms with Crippen molar-refractivity contribution >= 4 is 28.3 Å². The van der Waals surface area contributed by atoms with Crippen molar-refractivity contribution in [3.05, 3.63) is 77.9 Å². The number of nitrogens with one attached hydrogen (secondary N) is 1. The van der Waals surface area contributed by atoms with Crippen molar-refractivity contribution in [2.45, 2.75) is 19.4 Å². The molecule has 26 heavy (non-hydrogen) atoms. The number of benzene rings is 3. The molecule has 0 bridgehead atoms. The molecule has 130 valence electrons. The second-order valence-electron chi connectivity index (χ2n) is 6.60. The third-order valence-corrected chi connectivity index (χ3v) is 4.76. The summed E-state index contributed by atoms with van der Waals surface area (Å²) >= 11 is 0. The summed E-state index contributed by atoms with van der Waals surface area (Å²) in [5.74, 6) is 0.0754. The van der Waals surface area contributed by atoms with Crippen LogP contribution in [-0.4, -0.2) is 23.3 Å². The van der Waals surface area contributed by atoms with Gasteiger partial charge in [-0.15, -0.1) is 0 Å². The molecule has 1 aliphatic heterocycles. The average Bonchev–Trinajstić information content (AvgIpc) is 3.06. The van der Waals surface area contributed by atoms with E-state index in [9.17, 15) is 9.59 Å². The number of anilines is 1. The van der Waals surface area contributed by atoms with E-state index in [1.54, 1.807) is 0 Å². The maximum atomic E-state index is 12.8. The summed E-state index contributed by atoms with van der Waals surface area (Å²) in [5, 5.41) is 4.96. The molecule has 3 aromatic rings. The Hall–Kier alpha value is -3.14. The quantitative estimate of drug-likeness (QED) is 0.770. The van der Waals surface area contributed by atoms with Crippen LogP contribution in [0.15, 0.2) is 66.7 Å². The Morgan fingerprint density at radius 2 is 1.81 bits per heavy atom. The van der Waals surface area contributed by atoms with Gasteiger partial charge in [-0.2, -0.15) is 0 Å². The highest BCUT2D eigenvalue weighted by Gasteiger charge is 2.20. The van der Waals surface area contributed by atoms with Crippen LogP contribution in [-0.2, 0) is 11.3 Å². The van der Waals surface area contributed by atoms with Crippen molar-refractivity contribution in [1.29, 1.82) is 0 Å². The molecular weight excluding hydrogens is 324 g/mol. The minimum atomic E-state index is -0.129. The van der Waals surface area contributed by atoms with Crippen LogP contribution in [0.4, 0.5) is 5.69 Å². The van der Waals surface area contributed by atoms with Gasteiger partial charge in [-0.1, -0.05) is 48.5 Å². The highest BCUT2D eigenvalue weighted by atomic mass is 16.2. The van der Waals surface area contributed by atoms with E-state index < -0.39 is 0 Å². The standard InChI is InChI=1S/C22H20N2O2/c25-21-12-5-13-24(21)15-16-6-3-9-18(14-16)23-22(26)20-11-4-8-17-7-1-2-10-19(17)20/h1-4,6-11,14H,5,12-13,15H2,(H,23,26). The fourth-order valence-electron chi connectivity index (χ4n) is 3.46. The molecular formula is C22H20N2O2. The van der Waals surface area contributed by atoms with Gasteiger partial charge < -0.3 is 10.2 Å². The fourth-order valence-corrected chi connectivity index (χ4v) is 3.46. The van der Waals surface area contributed by atoms with Crippen LogP contribution in [0.5, 0.6) is 0 Å². The lowest BCUT2D eigenvalue weighted by Gasteiger charge is -2.16. The third-order valence-electron chi connectivity index (χ3n) is 4.76. The molecule has 0 atom stereocenters. The molecule has 1 saturated heterocycles. The van der Waals surface area contributed by atoms with Crippen molar-refractivity contribution in [2.75, 3.05) is 11.9 Å². The van der Waals surface area contributed by atoms with Gasteiger partial charge >= 0.3 is 0 Å². The number of fused-ring (bicyclic) bond motifs is 1. The van der Waals surface area contributed by atoms with E-state index in [1.165, 1.54) is 0 Å². The highest BCUT2D eigenvalue weighted by Crippen LogP contribution is 2.21. The molecule has 0 aromatic heterocycles. The smallest absolute Gasteiger partial charge is 0.256 e. The molecule has 4 heteroatoms. The molecule has 0 spiro atoms. The molecule has 1 N–H and O–H groups in total. The largest absolute Gasteiger partial charge is 0.338 e. The summed E-state index contributed by atoms with van der Waals surface area (Å²) in [6.45, 7) is 1.40. The van der Waals surface area contributed by atoms with Gasteiger partial charge in [0.25, 0.3) is 5.91 Å². The second-order valence-corrected chi connectivity index (χ2v) is 6.60. The molecule has 2 amide bonds. The summed E-state index contributed by atoms with van der Waals surface area (Å²) in [4.78, 5) is 26.4. The third kappa shape index (κ3) is 3.31. The number of rotatable bonds is 4. The normalized spacial score (nSPS) is 14.0. The topological polar surface area (TPSA) is 49.4 Å². The Bertz CT molecular complexity index is 975. The summed E-state index contributed by atoms with van der Waals surface area (Å²) in [6.07, 6.45) is 1.56. The van der Waals surface area contributed by atoms with Crippen LogP contribution >= 0.6 is 0 Å². The van der Waals surface area contributed by atoms with Crippen molar-refractivity contribution in [3.63, 3.8) is 0 Å². The first kappa shape index (κ1) is 16.3. The molecule has 4 rings (SSSR count). The van der Waals surface area contributed by atoms with E-state index in [1.807, 2.05) is 71.6 Å². The van der Waals surface area contributed by atoms with E-state index in [2.05, 4.69) is 5.32 Å². The van der Waals surface area contributed by atoms with Gasteiger partial charge in [0.05, 0.1) is 0 Å². The fraction of sp³-hybridized carbons (Fsp3) is 0.182. The Morgan fingerprint density at radius 3 is 2.65 bits per heavy atom. The average molecular weight is 344 g/mol. The summed E-state index contributed by atoms with van der Waals surface area (Å²) in [6, 6.07) is 21.3.